The lowest BCUT2D eigenvalue weighted by molar-refractivity contribution is 0.110. The molecule has 2 aromatic carbocycles. The zero-order chi connectivity index (χ0) is 31.8. The van der Waals surface area contributed by atoms with Crippen molar-refractivity contribution < 1.29 is 25.2 Å². The van der Waals surface area contributed by atoms with E-state index in [1.807, 2.05) is 81.4 Å². The van der Waals surface area contributed by atoms with Gasteiger partial charge in [-0.2, -0.15) is 16.8 Å². The Labute approximate surface area is 250 Å². The van der Waals surface area contributed by atoms with Crippen molar-refractivity contribution in [2.24, 2.45) is 10.8 Å². The van der Waals surface area contributed by atoms with Gasteiger partial charge in [-0.1, -0.05) is 107 Å². The lowest BCUT2D eigenvalue weighted by atomic mass is 9.81. The summed E-state index contributed by atoms with van der Waals surface area (Å²) in [7, 11) is -8.54. The summed E-state index contributed by atoms with van der Waals surface area (Å²) in [5.41, 5.74) is 0.739. The summed E-state index contributed by atoms with van der Waals surface area (Å²) in [5, 5.41) is 0. The highest BCUT2D eigenvalue weighted by Gasteiger charge is 2.34. The summed E-state index contributed by atoms with van der Waals surface area (Å²) >= 11 is 0. The van der Waals surface area contributed by atoms with E-state index >= 15 is 0 Å². The Hall–Kier alpha value is -1.74. The van der Waals surface area contributed by atoms with Crippen LogP contribution in [-0.4, -0.2) is 29.5 Å². The average Bonchev–Trinajstić information content (AvgIpc) is 2.85. The third-order valence-corrected chi connectivity index (χ3v) is 11.0. The van der Waals surface area contributed by atoms with Gasteiger partial charge in [-0.15, -0.1) is 0 Å². The molecule has 0 amide bonds. The summed E-state index contributed by atoms with van der Waals surface area (Å²) in [6.45, 7) is 25.4. The molecule has 1 unspecified atom stereocenters. The predicted molar refractivity (Wildman–Crippen MR) is 168 cm³/mol. The maximum Gasteiger partial charge on any atom is 0.297 e. The minimum atomic E-state index is -4.29. The van der Waals surface area contributed by atoms with E-state index in [0.717, 1.165) is 24.0 Å². The lowest BCUT2D eigenvalue weighted by Gasteiger charge is -2.29. The fraction of sp³-hybridized carbons (Fsp3) is 0.636. The number of hydrogen-bond donors (Lipinski definition) is 0. The highest BCUT2D eigenvalue weighted by molar-refractivity contribution is 7.87. The second kappa shape index (κ2) is 12.1. The van der Waals surface area contributed by atoms with Gasteiger partial charge in [-0.3, -0.25) is 8.37 Å². The Morgan fingerprint density at radius 1 is 0.659 bits per heavy atom. The van der Waals surface area contributed by atoms with Crippen molar-refractivity contribution in [3.63, 3.8) is 0 Å². The van der Waals surface area contributed by atoms with E-state index in [1.54, 1.807) is 31.2 Å². The zero-order valence-electron chi connectivity index (χ0n) is 27.4. The van der Waals surface area contributed by atoms with E-state index in [2.05, 4.69) is 13.8 Å². The third kappa shape index (κ3) is 8.65. The molecule has 0 saturated heterocycles. The maximum absolute atomic E-state index is 13.9. The van der Waals surface area contributed by atoms with Gasteiger partial charge in [-0.05, 0) is 64.7 Å². The Morgan fingerprint density at radius 2 is 1.05 bits per heavy atom. The molecular formula is C33H52O6S2. The van der Waals surface area contributed by atoms with Gasteiger partial charge in [0.15, 0.2) is 0 Å². The number of hydrogen-bond acceptors (Lipinski definition) is 6. The van der Waals surface area contributed by atoms with Crippen LogP contribution in [0.25, 0.3) is 11.1 Å². The first-order valence-electron chi connectivity index (χ1n) is 14.5. The van der Waals surface area contributed by atoms with Crippen LogP contribution in [0.5, 0.6) is 0 Å². The van der Waals surface area contributed by atoms with Crippen LogP contribution in [0.2, 0.25) is 0 Å². The molecule has 0 N–H and O–H groups in total. The van der Waals surface area contributed by atoms with Crippen LogP contribution in [-0.2, 0) is 39.4 Å². The summed E-state index contributed by atoms with van der Waals surface area (Å²) in [4.78, 5) is -0.106. The van der Waals surface area contributed by atoms with Crippen LogP contribution >= 0.6 is 0 Å². The van der Waals surface area contributed by atoms with Gasteiger partial charge in [0.25, 0.3) is 20.2 Å². The zero-order valence-corrected chi connectivity index (χ0v) is 29.1. The first-order valence-corrected chi connectivity index (χ1v) is 17.3. The largest absolute Gasteiger partial charge is 0.297 e. The second-order valence-corrected chi connectivity index (χ2v) is 17.9. The van der Waals surface area contributed by atoms with Crippen LogP contribution in [0, 0.1) is 10.8 Å². The monoisotopic (exact) mass is 608 g/mol. The van der Waals surface area contributed by atoms with Crippen molar-refractivity contribution in [1.82, 2.24) is 0 Å². The highest BCUT2D eigenvalue weighted by Crippen LogP contribution is 2.41. The quantitative estimate of drug-likeness (QED) is 0.237. The minimum absolute atomic E-state index is 0.0167. The van der Waals surface area contributed by atoms with Crippen LogP contribution in [0.1, 0.15) is 114 Å². The highest BCUT2D eigenvalue weighted by atomic mass is 32.2. The molecule has 0 spiro atoms. The fourth-order valence-electron chi connectivity index (χ4n) is 3.86. The van der Waals surface area contributed by atoms with Gasteiger partial charge in [0.1, 0.15) is 9.79 Å². The van der Waals surface area contributed by atoms with E-state index < -0.39 is 37.2 Å². The molecule has 0 radical (unpaired) electrons. The lowest BCUT2D eigenvalue weighted by Crippen LogP contribution is -2.29. The van der Waals surface area contributed by atoms with Crippen molar-refractivity contribution in [2.75, 3.05) is 6.61 Å². The van der Waals surface area contributed by atoms with Crippen molar-refractivity contribution in [3.8, 4) is 11.1 Å². The minimum Gasteiger partial charge on any atom is -0.266 e. The van der Waals surface area contributed by atoms with Crippen LogP contribution in [0.15, 0.2) is 46.2 Å². The van der Waals surface area contributed by atoms with E-state index in [4.69, 9.17) is 8.37 Å². The molecule has 0 aliphatic carbocycles. The fourth-order valence-corrected chi connectivity index (χ4v) is 6.70. The normalized spacial score (nSPS) is 14.8. The molecule has 0 aliphatic rings. The van der Waals surface area contributed by atoms with Gasteiger partial charge in [0.2, 0.25) is 0 Å². The predicted octanol–water partition coefficient (Wildman–Crippen LogP) is 8.62. The molecule has 2 aromatic rings. The van der Waals surface area contributed by atoms with Gasteiger partial charge in [-0.25, -0.2) is 0 Å². The Kier molecular flexibility index (Phi) is 10.5. The van der Waals surface area contributed by atoms with Crippen LogP contribution in [0.4, 0.5) is 0 Å². The molecule has 0 bridgehead atoms. The number of rotatable bonds is 11. The summed E-state index contributed by atoms with van der Waals surface area (Å²) in [5.74, 6) is 0. The Balaban J connectivity index is 2.98. The average molecular weight is 609 g/mol. The topological polar surface area (TPSA) is 86.7 Å². The summed E-state index contributed by atoms with van der Waals surface area (Å²) in [6, 6.07) is 10.4. The van der Waals surface area contributed by atoms with Crippen molar-refractivity contribution in [3.05, 3.63) is 47.5 Å². The second-order valence-electron chi connectivity index (χ2n) is 14.7. The summed E-state index contributed by atoms with van der Waals surface area (Å²) < 4.78 is 66.8. The smallest absolute Gasteiger partial charge is 0.266 e. The van der Waals surface area contributed by atoms with E-state index in [9.17, 15) is 16.8 Å². The first kappa shape index (κ1) is 35.5. The van der Waals surface area contributed by atoms with Crippen molar-refractivity contribution in [1.29, 1.82) is 0 Å². The molecule has 232 valence electrons. The summed E-state index contributed by atoms with van der Waals surface area (Å²) in [6.07, 6.45) is 0.953. The molecule has 8 heteroatoms. The van der Waals surface area contributed by atoms with E-state index in [0.29, 0.717) is 0 Å². The van der Waals surface area contributed by atoms with Gasteiger partial charge in [0.05, 0.1) is 12.7 Å². The van der Waals surface area contributed by atoms with Gasteiger partial charge >= 0.3 is 0 Å². The molecule has 0 saturated carbocycles. The number of benzene rings is 2. The van der Waals surface area contributed by atoms with Gasteiger partial charge in [0, 0.05) is 11.1 Å². The van der Waals surface area contributed by atoms with E-state index in [1.165, 1.54) is 0 Å². The van der Waals surface area contributed by atoms with E-state index in [-0.39, 0.29) is 38.4 Å². The molecule has 0 aromatic heterocycles. The Morgan fingerprint density at radius 3 is 1.39 bits per heavy atom. The maximum atomic E-state index is 13.9. The standard InChI is InChI=1S/C33H52O6S2/c1-14-32(10,11)24-16-18-26(28(20-24)40(34,35)38-22-30(4,5)6)27-19-17-25(33(12,13)15-2)21-29(27)41(36,37)39-23(3)31(7,8)9/h16-21,23H,14-15,22H2,1-13H3. The van der Waals surface area contributed by atoms with Crippen molar-refractivity contribution in [2.45, 2.75) is 130 Å². The molecular weight excluding hydrogens is 556 g/mol. The molecule has 0 aliphatic heterocycles. The van der Waals surface area contributed by atoms with Crippen LogP contribution < -0.4 is 0 Å². The molecule has 2 rings (SSSR count). The molecule has 6 nitrogen and oxygen atoms in total. The molecule has 1 atom stereocenters. The third-order valence-electron chi connectivity index (χ3n) is 8.26. The SMILES string of the molecule is CCC(C)(C)c1ccc(-c2ccc(C(C)(C)CC)cc2S(=O)(=O)OC(C)C(C)(C)C)c(S(=O)(=O)OCC(C)(C)C)c1. The van der Waals surface area contributed by atoms with Gasteiger partial charge < -0.3 is 0 Å². The first-order chi connectivity index (χ1) is 18.4. The van der Waals surface area contributed by atoms with Crippen LogP contribution in [0.3, 0.4) is 0 Å². The molecule has 0 heterocycles. The molecule has 0 fully saturated rings. The van der Waals surface area contributed by atoms with Crippen molar-refractivity contribution >= 4 is 20.2 Å². The Bertz CT molecular complexity index is 1440. The molecule has 41 heavy (non-hydrogen) atoms.